The molecule has 0 bridgehead atoms. The van der Waals surface area contributed by atoms with Crippen LogP contribution in [0.5, 0.6) is 0 Å². The highest BCUT2D eigenvalue weighted by Crippen LogP contribution is 2.29. The third-order valence-electron chi connectivity index (χ3n) is 3.40. The van der Waals surface area contributed by atoms with Crippen molar-refractivity contribution in [3.8, 4) is 0 Å². The molecule has 1 atom stereocenters. The molecule has 1 aromatic carbocycles. The second-order valence-electron chi connectivity index (χ2n) is 5.23. The monoisotopic (exact) mass is 324 g/mol. The van der Waals surface area contributed by atoms with Crippen LogP contribution in [-0.2, 0) is 10.0 Å². The maximum atomic E-state index is 12.6. The van der Waals surface area contributed by atoms with E-state index in [4.69, 9.17) is 5.73 Å². The molecule has 1 unspecified atom stereocenters. The molecule has 1 aromatic heterocycles. The third-order valence-corrected chi connectivity index (χ3v) is 6.33. The van der Waals surface area contributed by atoms with Crippen LogP contribution in [0.2, 0.25) is 0 Å². The highest BCUT2D eigenvalue weighted by molar-refractivity contribution is 7.89. The van der Waals surface area contributed by atoms with Crippen LogP contribution in [0.4, 0.5) is 5.69 Å². The normalized spacial score (nSPS) is 13.3. The van der Waals surface area contributed by atoms with Crippen molar-refractivity contribution in [3.05, 3.63) is 45.1 Å². The van der Waals surface area contributed by atoms with Gasteiger partial charge in [-0.2, -0.15) is 0 Å². The molecule has 2 aromatic rings. The maximum Gasteiger partial charge on any atom is 0.243 e. The van der Waals surface area contributed by atoms with Crippen molar-refractivity contribution < 1.29 is 8.42 Å². The van der Waals surface area contributed by atoms with Crippen molar-refractivity contribution in [2.45, 2.75) is 38.6 Å². The molecule has 1 heterocycles. The molecule has 2 rings (SSSR count). The summed E-state index contributed by atoms with van der Waals surface area (Å²) in [7, 11) is -3.65. The van der Waals surface area contributed by atoms with Crippen molar-refractivity contribution in [2.24, 2.45) is 0 Å². The Hall–Kier alpha value is -1.37. The number of aryl methyl sites for hydroxylation is 3. The number of thiophene rings is 1. The Morgan fingerprint density at radius 3 is 2.29 bits per heavy atom. The van der Waals surface area contributed by atoms with E-state index in [0.29, 0.717) is 11.3 Å². The summed E-state index contributed by atoms with van der Waals surface area (Å²) in [6.07, 6.45) is 0. The SMILES string of the molecule is Cc1ccc(C(C)NS(=O)(=O)c2c(C)ccc(C)c2N)s1. The molecule has 0 fully saturated rings. The van der Waals surface area contributed by atoms with Crippen molar-refractivity contribution in [1.82, 2.24) is 4.72 Å². The fourth-order valence-corrected chi connectivity index (χ4v) is 4.81. The third kappa shape index (κ3) is 3.28. The Bertz CT molecular complexity index is 764. The molecule has 6 heteroatoms. The highest BCUT2D eigenvalue weighted by atomic mass is 32.2. The van der Waals surface area contributed by atoms with Gasteiger partial charge in [0.2, 0.25) is 10.0 Å². The predicted octanol–water partition coefficient (Wildman–Crippen LogP) is 3.30. The molecule has 0 aliphatic heterocycles. The molecular weight excluding hydrogens is 304 g/mol. The first-order chi connectivity index (χ1) is 9.72. The number of rotatable bonds is 4. The number of nitrogens with two attached hydrogens (primary N) is 1. The largest absolute Gasteiger partial charge is 0.397 e. The van der Waals surface area contributed by atoms with Crippen LogP contribution in [0.15, 0.2) is 29.2 Å². The van der Waals surface area contributed by atoms with Crippen LogP contribution in [-0.4, -0.2) is 8.42 Å². The first kappa shape index (κ1) is 16.0. The van der Waals surface area contributed by atoms with Crippen molar-refractivity contribution >= 4 is 27.0 Å². The lowest BCUT2D eigenvalue weighted by atomic mass is 10.1. The van der Waals surface area contributed by atoms with Gasteiger partial charge < -0.3 is 5.73 Å². The second-order valence-corrected chi connectivity index (χ2v) is 8.20. The van der Waals surface area contributed by atoms with E-state index < -0.39 is 10.0 Å². The first-order valence-corrected chi connectivity index (χ1v) is 8.96. The number of benzene rings is 1. The number of hydrogen-bond donors (Lipinski definition) is 2. The molecular formula is C15H20N2O2S2. The first-order valence-electron chi connectivity index (χ1n) is 6.66. The summed E-state index contributed by atoms with van der Waals surface area (Å²) in [6, 6.07) is 7.25. The Morgan fingerprint density at radius 1 is 1.10 bits per heavy atom. The Balaban J connectivity index is 2.37. The van der Waals surface area contributed by atoms with E-state index in [1.165, 1.54) is 0 Å². The summed E-state index contributed by atoms with van der Waals surface area (Å²) < 4.78 is 28.0. The molecule has 0 amide bonds. The lowest BCUT2D eigenvalue weighted by molar-refractivity contribution is 0.568. The van der Waals surface area contributed by atoms with E-state index in [2.05, 4.69) is 4.72 Å². The number of anilines is 1. The van der Waals surface area contributed by atoms with E-state index in [-0.39, 0.29) is 10.9 Å². The van der Waals surface area contributed by atoms with Gasteiger partial charge in [0, 0.05) is 9.75 Å². The Kier molecular flexibility index (Phi) is 4.41. The molecule has 0 spiro atoms. The van der Waals surface area contributed by atoms with Gasteiger partial charge in [-0.05, 0) is 51.0 Å². The Morgan fingerprint density at radius 2 is 1.71 bits per heavy atom. The number of hydrogen-bond acceptors (Lipinski definition) is 4. The average molecular weight is 324 g/mol. The molecule has 4 nitrogen and oxygen atoms in total. The molecule has 114 valence electrons. The highest BCUT2D eigenvalue weighted by Gasteiger charge is 2.24. The second kappa shape index (κ2) is 5.79. The fourth-order valence-electron chi connectivity index (χ4n) is 2.20. The van der Waals surface area contributed by atoms with E-state index in [0.717, 1.165) is 15.3 Å². The minimum Gasteiger partial charge on any atom is -0.397 e. The van der Waals surface area contributed by atoms with Gasteiger partial charge in [-0.1, -0.05) is 12.1 Å². The van der Waals surface area contributed by atoms with Gasteiger partial charge in [-0.15, -0.1) is 11.3 Å². The van der Waals surface area contributed by atoms with Crippen LogP contribution in [0.1, 0.15) is 33.8 Å². The topological polar surface area (TPSA) is 72.2 Å². The van der Waals surface area contributed by atoms with Gasteiger partial charge in [0.15, 0.2) is 0 Å². The Labute approximate surface area is 130 Å². The van der Waals surface area contributed by atoms with Gasteiger partial charge in [-0.25, -0.2) is 13.1 Å². The molecule has 21 heavy (non-hydrogen) atoms. The van der Waals surface area contributed by atoms with Gasteiger partial charge in [-0.3, -0.25) is 0 Å². The van der Waals surface area contributed by atoms with E-state index in [9.17, 15) is 8.42 Å². The molecule has 0 saturated carbocycles. The zero-order valence-electron chi connectivity index (χ0n) is 12.6. The van der Waals surface area contributed by atoms with Crippen molar-refractivity contribution in [3.63, 3.8) is 0 Å². The van der Waals surface area contributed by atoms with Gasteiger partial charge in [0.25, 0.3) is 0 Å². The molecule has 3 N–H and O–H groups in total. The quantitative estimate of drug-likeness (QED) is 0.848. The summed E-state index contributed by atoms with van der Waals surface area (Å²) in [6.45, 7) is 7.40. The van der Waals surface area contributed by atoms with E-state index >= 15 is 0 Å². The zero-order valence-corrected chi connectivity index (χ0v) is 14.2. The summed E-state index contributed by atoms with van der Waals surface area (Å²) in [5, 5.41) is 0. The minimum atomic E-state index is -3.65. The molecule has 0 saturated heterocycles. The van der Waals surface area contributed by atoms with E-state index in [1.807, 2.05) is 32.0 Å². The van der Waals surface area contributed by atoms with Crippen molar-refractivity contribution in [1.29, 1.82) is 0 Å². The average Bonchev–Trinajstić information content (AvgIpc) is 2.80. The van der Waals surface area contributed by atoms with Crippen LogP contribution >= 0.6 is 11.3 Å². The standard InChI is InChI=1S/C15H20N2O2S2/c1-9-5-6-10(2)15(14(9)16)21(18,19)17-12(4)13-8-7-11(3)20-13/h5-8,12,17H,16H2,1-4H3. The maximum absolute atomic E-state index is 12.6. The summed E-state index contributed by atoms with van der Waals surface area (Å²) in [5.74, 6) is 0. The van der Waals surface area contributed by atoms with Gasteiger partial charge >= 0.3 is 0 Å². The van der Waals surface area contributed by atoms with Crippen LogP contribution in [0.25, 0.3) is 0 Å². The lowest BCUT2D eigenvalue weighted by Crippen LogP contribution is -2.28. The summed E-state index contributed by atoms with van der Waals surface area (Å²) in [4.78, 5) is 2.32. The minimum absolute atomic E-state index is 0.183. The number of sulfonamides is 1. The molecule has 0 aliphatic rings. The van der Waals surface area contributed by atoms with Crippen LogP contribution < -0.4 is 10.5 Å². The lowest BCUT2D eigenvalue weighted by Gasteiger charge is -2.17. The van der Waals surface area contributed by atoms with Gasteiger partial charge in [0.05, 0.1) is 11.7 Å². The number of nitrogens with one attached hydrogen (secondary N) is 1. The van der Waals surface area contributed by atoms with Gasteiger partial charge in [0.1, 0.15) is 4.90 Å². The summed E-state index contributed by atoms with van der Waals surface area (Å²) in [5.41, 5.74) is 7.71. The van der Waals surface area contributed by atoms with E-state index in [1.54, 1.807) is 31.3 Å². The smallest absolute Gasteiger partial charge is 0.243 e. The molecule has 0 radical (unpaired) electrons. The molecule has 0 aliphatic carbocycles. The van der Waals surface area contributed by atoms with Crippen molar-refractivity contribution in [2.75, 3.05) is 5.73 Å². The number of nitrogen functional groups attached to an aromatic ring is 1. The fraction of sp³-hybridized carbons (Fsp3) is 0.333. The summed E-state index contributed by atoms with van der Waals surface area (Å²) >= 11 is 1.59. The van der Waals surface area contributed by atoms with Crippen LogP contribution in [0, 0.1) is 20.8 Å². The predicted molar refractivity (Wildman–Crippen MR) is 88.1 cm³/mol. The van der Waals surface area contributed by atoms with Crippen LogP contribution in [0.3, 0.4) is 0 Å². The zero-order chi connectivity index (χ0) is 15.8.